The van der Waals surface area contributed by atoms with Crippen molar-refractivity contribution in [3.63, 3.8) is 0 Å². The third-order valence-corrected chi connectivity index (χ3v) is 6.89. The van der Waals surface area contributed by atoms with E-state index in [9.17, 15) is 9.18 Å². The molecule has 0 aliphatic rings. The van der Waals surface area contributed by atoms with Gasteiger partial charge in [0.2, 0.25) is 5.91 Å². The number of pyridine rings is 3. The number of nitrogens with zero attached hydrogens (tertiary/aromatic N) is 5. The minimum Gasteiger partial charge on any atom is -0.325 e. The first-order valence-corrected chi connectivity index (χ1v) is 12.9. The zero-order valence-electron chi connectivity index (χ0n) is 21.1. The minimum atomic E-state index is -0.620. The van der Waals surface area contributed by atoms with E-state index >= 15 is 4.39 Å². The quantitative estimate of drug-likeness (QED) is 0.233. The second kappa shape index (κ2) is 9.31. The fourth-order valence-electron chi connectivity index (χ4n) is 4.35. The number of aromatic nitrogens is 7. The zero-order chi connectivity index (χ0) is 27.3. The summed E-state index contributed by atoms with van der Waals surface area (Å²) in [5.41, 5.74) is 3.01. The number of imidazole rings is 1. The number of hydrogen-bond acceptors (Lipinski definition) is 7. The van der Waals surface area contributed by atoms with E-state index in [1.165, 1.54) is 24.7 Å². The average Bonchev–Trinajstić information content (AvgIpc) is 3.60. The van der Waals surface area contributed by atoms with Gasteiger partial charge in [0.25, 0.3) is 0 Å². The Labute approximate surface area is 224 Å². The molecule has 0 bridgehead atoms. The zero-order valence-corrected chi connectivity index (χ0v) is 22.0. The number of anilines is 1. The standard InChI is InChI=1S/C27H22F2N8OS/c1-27(2,3)9-19(38)33-14-8-13(10-30-11-14)22-21(29)20-16(12-32-22)36-37-24(20)26-34-23-15(6-7-31-25(23)35-26)17-4-5-18(28)39-17/h4-8,10-12H,9H2,1-3H3,(H,33,38)(H,36,37)(H,31,34,35). The van der Waals surface area contributed by atoms with Crippen LogP contribution in [0.15, 0.2) is 49.1 Å². The lowest BCUT2D eigenvalue weighted by atomic mass is 9.92. The molecule has 0 atom stereocenters. The van der Waals surface area contributed by atoms with Gasteiger partial charge in [0.1, 0.15) is 16.9 Å². The van der Waals surface area contributed by atoms with Crippen LogP contribution >= 0.6 is 11.3 Å². The van der Waals surface area contributed by atoms with E-state index in [-0.39, 0.29) is 33.2 Å². The van der Waals surface area contributed by atoms with E-state index in [2.05, 4.69) is 40.4 Å². The first-order chi connectivity index (χ1) is 18.7. The van der Waals surface area contributed by atoms with Crippen molar-refractivity contribution in [3.8, 4) is 33.2 Å². The molecule has 196 valence electrons. The summed E-state index contributed by atoms with van der Waals surface area (Å²) in [5.74, 6) is -0.485. The van der Waals surface area contributed by atoms with Crippen LogP contribution in [-0.4, -0.2) is 41.0 Å². The molecule has 0 aliphatic heterocycles. The van der Waals surface area contributed by atoms with E-state index < -0.39 is 5.82 Å². The van der Waals surface area contributed by atoms with Gasteiger partial charge in [-0.3, -0.25) is 19.9 Å². The number of rotatable bonds is 5. The van der Waals surface area contributed by atoms with Gasteiger partial charge < -0.3 is 10.3 Å². The smallest absolute Gasteiger partial charge is 0.224 e. The van der Waals surface area contributed by atoms with Crippen molar-refractivity contribution < 1.29 is 13.6 Å². The molecule has 0 unspecified atom stereocenters. The molecule has 0 radical (unpaired) electrons. The van der Waals surface area contributed by atoms with Gasteiger partial charge in [0.05, 0.1) is 29.0 Å². The first kappa shape index (κ1) is 24.7. The highest BCUT2D eigenvalue weighted by atomic mass is 32.1. The molecule has 0 saturated heterocycles. The molecule has 6 aromatic heterocycles. The van der Waals surface area contributed by atoms with Crippen LogP contribution in [0.2, 0.25) is 0 Å². The Hall–Kier alpha value is -4.58. The Morgan fingerprint density at radius 2 is 1.92 bits per heavy atom. The van der Waals surface area contributed by atoms with Gasteiger partial charge in [-0.1, -0.05) is 20.8 Å². The molecule has 0 aromatic carbocycles. The number of aromatic amines is 2. The van der Waals surface area contributed by atoms with E-state index in [1.54, 1.807) is 24.4 Å². The molecule has 0 spiro atoms. The molecule has 6 aromatic rings. The molecule has 6 rings (SSSR count). The second-order valence-electron chi connectivity index (χ2n) is 10.3. The average molecular weight is 545 g/mol. The Balaban J connectivity index is 1.40. The Morgan fingerprint density at radius 1 is 1.08 bits per heavy atom. The van der Waals surface area contributed by atoms with Crippen LogP contribution in [0.5, 0.6) is 0 Å². The van der Waals surface area contributed by atoms with Gasteiger partial charge >= 0.3 is 0 Å². The Bertz CT molecular complexity index is 1870. The van der Waals surface area contributed by atoms with Crippen LogP contribution in [0.1, 0.15) is 27.2 Å². The van der Waals surface area contributed by atoms with E-state index in [4.69, 9.17) is 0 Å². The summed E-state index contributed by atoms with van der Waals surface area (Å²) >= 11 is 1.00. The lowest BCUT2D eigenvalue weighted by Gasteiger charge is -2.17. The molecule has 0 saturated carbocycles. The summed E-state index contributed by atoms with van der Waals surface area (Å²) in [6.45, 7) is 5.91. The first-order valence-electron chi connectivity index (χ1n) is 12.0. The van der Waals surface area contributed by atoms with Crippen LogP contribution in [0.4, 0.5) is 14.5 Å². The molecule has 3 N–H and O–H groups in total. The van der Waals surface area contributed by atoms with E-state index in [1.807, 2.05) is 20.8 Å². The second-order valence-corrected chi connectivity index (χ2v) is 11.3. The number of amides is 1. The van der Waals surface area contributed by atoms with Crippen LogP contribution in [-0.2, 0) is 4.79 Å². The van der Waals surface area contributed by atoms with E-state index in [0.717, 1.165) is 11.3 Å². The lowest BCUT2D eigenvalue weighted by Crippen LogP contribution is -2.19. The molecule has 9 nitrogen and oxygen atoms in total. The van der Waals surface area contributed by atoms with Crippen molar-refractivity contribution in [2.75, 3.05) is 5.32 Å². The maximum absolute atomic E-state index is 16.0. The highest BCUT2D eigenvalue weighted by Crippen LogP contribution is 2.35. The number of carbonyl (C=O) groups excluding carboxylic acids is 1. The number of halogens is 2. The fourth-order valence-corrected chi connectivity index (χ4v) is 5.11. The third-order valence-electron chi connectivity index (χ3n) is 5.98. The molecular formula is C27H22F2N8OS. The topological polar surface area (TPSA) is 125 Å². The highest BCUT2D eigenvalue weighted by Gasteiger charge is 2.22. The predicted molar refractivity (Wildman–Crippen MR) is 146 cm³/mol. The number of nitrogens with one attached hydrogen (secondary N) is 3. The minimum absolute atomic E-state index is 0.0496. The fraction of sp³-hybridized carbons (Fsp3) is 0.185. The highest BCUT2D eigenvalue weighted by molar-refractivity contribution is 7.14. The molecular weight excluding hydrogens is 522 g/mol. The third kappa shape index (κ3) is 4.74. The summed E-state index contributed by atoms with van der Waals surface area (Å²) in [5, 5.41) is 9.80. The monoisotopic (exact) mass is 544 g/mol. The summed E-state index contributed by atoms with van der Waals surface area (Å²) in [6, 6.07) is 6.45. The van der Waals surface area contributed by atoms with Gasteiger partial charge in [-0.25, -0.2) is 14.4 Å². The van der Waals surface area contributed by atoms with Crippen LogP contribution in [0, 0.1) is 16.4 Å². The normalized spacial score (nSPS) is 11.9. The van der Waals surface area contributed by atoms with Gasteiger partial charge in [0.15, 0.2) is 22.4 Å². The molecule has 12 heteroatoms. The maximum atomic E-state index is 16.0. The van der Waals surface area contributed by atoms with Crippen LogP contribution in [0.3, 0.4) is 0 Å². The largest absolute Gasteiger partial charge is 0.325 e. The van der Waals surface area contributed by atoms with Crippen LogP contribution < -0.4 is 5.32 Å². The maximum Gasteiger partial charge on any atom is 0.224 e. The lowest BCUT2D eigenvalue weighted by molar-refractivity contribution is -0.117. The van der Waals surface area contributed by atoms with Gasteiger partial charge in [-0.2, -0.15) is 9.49 Å². The summed E-state index contributed by atoms with van der Waals surface area (Å²) in [7, 11) is 0. The number of fused-ring (bicyclic) bond motifs is 2. The van der Waals surface area contributed by atoms with E-state index in [0.29, 0.717) is 50.6 Å². The summed E-state index contributed by atoms with van der Waals surface area (Å²) in [6.07, 6.45) is 6.39. The summed E-state index contributed by atoms with van der Waals surface area (Å²) in [4.78, 5) is 33.6. The molecule has 0 fully saturated rings. The summed E-state index contributed by atoms with van der Waals surface area (Å²) < 4.78 is 29.7. The predicted octanol–water partition coefficient (Wildman–Crippen LogP) is 6.34. The van der Waals surface area contributed by atoms with Crippen molar-refractivity contribution >= 4 is 45.0 Å². The van der Waals surface area contributed by atoms with Crippen molar-refractivity contribution in [1.82, 2.24) is 35.1 Å². The van der Waals surface area contributed by atoms with Gasteiger partial charge in [-0.15, -0.1) is 11.3 Å². The molecule has 0 aliphatic carbocycles. The Kier molecular flexibility index (Phi) is 5.91. The number of H-pyrrole nitrogens is 2. The van der Waals surface area contributed by atoms with Gasteiger partial charge in [0, 0.05) is 34.8 Å². The van der Waals surface area contributed by atoms with Crippen molar-refractivity contribution in [3.05, 3.63) is 60.0 Å². The SMILES string of the molecule is CC(C)(C)CC(=O)Nc1cncc(-c2ncc3[nH]nc(-c4nc5c(-c6ccc(F)s6)ccnc5[nH]4)c3c2F)c1. The Morgan fingerprint density at radius 3 is 2.69 bits per heavy atom. The molecule has 6 heterocycles. The van der Waals surface area contributed by atoms with Crippen molar-refractivity contribution in [1.29, 1.82) is 0 Å². The number of thiophene rings is 1. The molecule has 39 heavy (non-hydrogen) atoms. The number of hydrogen-bond donors (Lipinski definition) is 3. The van der Waals surface area contributed by atoms with Crippen LogP contribution in [0.25, 0.3) is 55.3 Å². The van der Waals surface area contributed by atoms with Crippen molar-refractivity contribution in [2.45, 2.75) is 27.2 Å². The van der Waals surface area contributed by atoms with Crippen molar-refractivity contribution in [2.24, 2.45) is 5.41 Å². The number of carbonyl (C=O) groups is 1. The molecule has 1 amide bonds. The van der Waals surface area contributed by atoms with Gasteiger partial charge in [-0.05, 0) is 29.7 Å².